The highest BCUT2D eigenvalue weighted by Gasteiger charge is 2.28. The maximum absolute atomic E-state index is 12.4. The average molecular weight is 302 g/mol. The van der Waals surface area contributed by atoms with Crippen LogP contribution in [0.15, 0.2) is 54.6 Å². The molecule has 21 heavy (non-hydrogen) atoms. The topological polar surface area (TPSA) is 29.1 Å². The fourth-order valence-electron chi connectivity index (χ4n) is 2.22. The summed E-state index contributed by atoms with van der Waals surface area (Å²) in [6.45, 7) is 4.49. The first-order valence-corrected chi connectivity index (χ1v) is 7.46. The predicted molar refractivity (Wildman–Crippen MR) is 87.6 cm³/mol. The molecule has 0 heterocycles. The standard InChI is InChI=1S/C18H20ClNO/c1-18(2,15-8-4-3-5-9-15)17(21)20-12-11-14-7-6-10-16(19)13-14/h3-10,13H,11-12H2,1-2H3,(H,20,21). The molecule has 0 fully saturated rings. The highest BCUT2D eigenvalue weighted by molar-refractivity contribution is 6.30. The van der Waals surface area contributed by atoms with E-state index < -0.39 is 5.41 Å². The second kappa shape index (κ2) is 6.77. The summed E-state index contributed by atoms with van der Waals surface area (Å²) in [4.78, 5) is 12.4. The molecule has 110 valence electrons. The van der Waals surface area contributed by atoms with Gasteiger partial charge in [-0.15, -0.1) is 0 Å². The van der Waals surface area contributed by atoms with E-state index >= 15 is 0 Å². The normalized spacial score (nSPS) is 11.2. The smallest absolute Gasteiger partial charge is 0.230 e. The number of nitrogens with one attached hydrogen (secondary N) is 1. The third-order valence-electron chi connectivity index (χ3n) is 3.65. The molecule has 3 heteroatoms. The van der Waals surface area contributed by atoms with Crippen molar-refractivity contribution in [2.24, 2.45) is 0 Å². The van der Waals surface area contributed by atoms with Crippen LogP contribution in [0.4, 0.5) is 0 Å². The molecule has 2 aromatic rings. The van der Waals surface area contributed by atoms with Crippen molar-refractivity contribution in [2.45, 2.75) is 25.7 Å². The van der Waals surface area contributed by atoms with Crippen molar-refractivity contribution in [1.29, 1.82) is 0 Å². The van der Waals surface area contributed by atoms with Gasteiger partial charge in [-0.1, -0.05) is 54.1 Å². The van der Waals surface area contributed by atoms with Crippen LogP contribution in [0, 0.1) is 0 Å². The minimum Gasteiger partial charge on any atom is -0.355 e. The molecule has 2 nitrogen and oxygen atoms in total. The minimum atomic E-state index is -0.532. The van der Waals surface area contributed by atoms with Gasteiger partial charge in [-0.05, 0) is 43.5 Å². The number of amides is 1. The second-order valence-corrected chi connectivity index (χ2v) is 6.06. The Morgan fingerprint density at radius 3 is 2.48 bits per heavy atom. The van der Waals surface area contributed by atoms with Crippen LogP contribution in [0.1, 0.15) is 25.0 Å². The van der Waals surface area contributed by atoms with Gasteiger partial charge in [0.1, 0.15) is 0 Å². The molecule has 0 aliphatic heterocycles. The molecule has 0 aliphatic carbocycles. The van der Waals surface area contributed by atoms with E-state index in [0.717, 1.165) is 22.6 Å². The van der Waals surface area contributed by atoms with E-state index in [1.54, 1.807) is 0 Å². The molecule has 1 amide bonds. The van der Waals surface area contributed by atoms with Crippen LogP contribution >= 0.6 is 11.6 Å². The summed E-state index contributed by atoms with van der Waals surface area (Å²) in [5.41, 5.74) is 1.61. The summed E-state index contributed by atoms with van der Waals surface area (Å²) in [5.74, 6) is 0.0377. The van der Waals surface area contributed by atoms with E-state index in [1.807, 2.05) is 68.4 Å². The van der Waals surface area contributed by atoms with Gasteiger partial charge in [0.2, 0.25) is 5.91 Å². The van der Waals surface area contributed by atoms with Gasteiger partial charge in [-0.3, -0.25) is 4.79 Å². The summed E-state index contributed by atoms with van der Waals surface area (Å²) in [6.07, 6.45) is 0.775. The van der Waals surface area contributed by atoms with Crippen LogP contribution in [0.3, 0.4) is 0 Å². The molecule has 0 spiro atoms. The lowest BCUT2D eigenvalue weighted by atomic mass is 9.84. The Kier molecular flexibility index (Phi) is 5.03. The largest absolute Gasteiger partial charge is 0.355 e. The minimum absolute atomic E-state index is 0.0377. The summed E-state index contributed by atoms with van der Waals surface area (Å²) in [7, 11) is 0. The van der Waals surface area contributed by atoms with E-state index in [0.29, 0.717) is 6.54 Å². The van der Waals surface area contributed by atoms with Crippen LogP contribution in [-0.2, 0) is 16.6 Å². The number of rotatable bonds is 5. The van der Waals surface area contributed by atoms with Crippen LogP contribution in [0.25, 0.3) is 0 Å². The molecule has 0 aliphatic rings. The van der Waals surface area contributed by atoms with E-state index in [1.165, 1.54) is 0 Å². The Morgan fingerprint density at radius 1 is 1.10 bits per heavy atom. The van der Waals surface area contributed by atoms with E-state index in [2.05, 4.69) is 5.32 Å². The fourth-order valence-corrected chi connectivity index (χ4v) is 2.43. The molecular weight excluding hydrogens is 282 g/mol. The third kappa shape index (κ3) is 4.08. The quantitative estimate of drug-likeness (QED) is 0.889. The zero-order valence-electron chi connectivity index (χ0n) is 12.4. The molecule has 2 rings (SSSR count). The Morgan fingerprint density at radius 2 is 1.81 bits per heavy atom. The van der Waals surface area contributed by atoms with Gasteiger partial charge in [0.05, 0.1) is 5.41 Å². The van der Waals surface area contributed by atoms with Crippen molar-refractivity contribution in [2.75, 3.05) is 6.54 Å². The van der Waals surface area contributed by atoms with Gasteiger partial charge in [0.25, 0.3) is 0 Å². The van der Waals surface area contributed by atoms with Gasteiger partial charge in [0.15, 0.2) is 0 Å². The molecule has 0 radical (unpaired) electrons. The van der Waals surface area contributed by atoms with Crippen molar-refractivity contribution in [1.82, 2.24) is 5.32 Å². The zero-order valence-corrected chi connectivity index (χ0v) is 13.2. The Bertz CT molecular complexity index is 608. The lowest BCUT2D eigenvalue weighted by Gasteiger charge is -2.24. The summed E-state index contributed by atoms with van der Waals surface area (Å²) < 4.78 is 0. The third-order valence-corrected chi connectivity index (χ3v) is 3.89. The SMILES string of the molecule is CC(C)(C(=O)NCCc1cccc(Cl)c1)c1ccccc1. The molecule has 0 saturated heterocycles. The average Bonchev–Trinajstić information content (AvgIpc) is 2.48. The van der Waals surface area contributed by atoms with Crippen molar-refractivity contribution in [3.8, 4) is 0 Å². The first kappa shape index (κ1) is 15.6. The lowest BCUT2D eigenvalue weighted by Crippen LogP contribution is -2.40. The predicted octanol–water partition coefficient (Wildman–Crippen LogP) is 3.98. The lowest BCUT2D eigenvalue weighted by molar-refractivity contribution is -0.125. The van der Waals surface area contributed by atoms with Crippen molar-refractivity contribution in [3.63, 3.8) is 0 Å². The molecule has 0 aromatic heterocycles. The zero-order chi connectivity index (χ0) is 15.3. The van der Waals surface area contributed by atoms with Crippen molar-refractivity contribution < 1.29 is 4.79 Å². The second-order valence-electron chi connectivity index (χ2n) is 5.63. The highest BCUT2D eigenvalue weighted by Crippen LogP contribution is 2.22. The van der Waals surface area contributed by atoms with Crippen LogP contribution < -0.4 is 5.32 Å². The first-order valence-electron chi connectivity index (χ1n) is 7.08. The molecule has 0 unspecified atom stereocenters. The van der Waals surface area contributed by atoms with Crippen molar-refractivity contribution in [3.05, 3.63) is 70.7 Å². The highest BCUT2D eigenvalue weighted by atomic mass is 35.5. The molecule has 0 atom stereocenters. The number of carbonyl (C=O) groups excluding carboxylic acids is 1. The maximum Gasteiger partial charge on any atom is 0.230 e. The van der Waals surface area contributed by atoms with Crippen LogP contribution in [0.5, 0.6) is 0 Å². The molecule has 0 saturated carbocycles. The fraction of sp³-hybridized carbons (Fsp3) is 0.278. The maximum atomic E-state index is 12.4. The first-order chi connectivity index (χ1) is 10.00. The summed E-state index contributed by atoms with van der Waals surface area (Å²) in [5, 5.41) is 3.73. The number of halogens is 1. The Hall–Kier alpha value is -1.80. The monoisotopic (exact) mass is 301 g/mol. The molecule has 1 N–H and O–H groups in total. The summed E-state index contributed by atoms with van der Waals surface area (Å²) in [6, 6.07) is 17.5. The van der Waals surface area contributed by atoms with Gasteiger partial charge in [-0.2, -0.15) is 0 Å². The van der Waals surface area contributed by atoms with Crippen molar-refractivity contribution >= 4 is 17.5 Å². The van der Waals surface area contributed by atoms with Gasteiger partial charge >= 0.3 is 0 Å². The van der Waals surface area contributed by atoms with Gasteiger partial charge in [0, 0.05) is 11.6 Å². The molecule has 2 aromatic carbocycles. The number of hydrogen-bond donors (Lipinski definition) is 1. The Balaban J connectivity index is 1.93. The number of carbonyl (C=O) groups is 1. The van der Waals surface area contributed by atoms with E-state index in [9.17, 15) is 4.79 Å². The van der Waals surface area contributed by atoms with Crippen LogP contribution in [-0.4, -0.2) is 12.5 Å². The molecular formula is C18H20ClNO. The summed E-state index contributed by atoms with van der Waals surface area (Å²) >= 11 is 5.95. The van der Waals surface area contributed by atoms with Gasteiger partial charge < -0.3 is 5.32 Å². The molecule has 0 bridgehead atoms. The van der Waals surface area contributed by atoms with Crippen LogP contribution in [0.2, 0.25) is 5.02 Å². The van der Waals surface area contributed by atoms with Gasteiger partial charge in [-0.25, -0.2) is 0 Å². The number of benzene rings is 2. The number of hydrogen-bond acceptors (Lipinski definition) is 1. The Labute approximate surface area is 131 Å². The van der Waals surface area contributed by atoms with E-state index in [-0.39, 0.29) is 5.91 Å². The van der Waals surface area contributed by atoms with E-state index in [4.69, 9.17) is 11.6 Å².